The van der Waals surface area contributed by atoms with Crippen LogP contribution in [0.5, 0.6) is 0 Å². The SMILES string of the molecule is Cc1ccc([C@@H](C)NCc2ccc(-c3cc(F)c(Cl)c(C(=O)N[C@@H](CO)Cc4ccc(C#N)cc4)c3)o2)cc1. The maximum Gasteiger partial charge on any atom is 0.253 e. The van der Waals surface area contributed by atoms with Crippen LogP contribution in [-0.4, -0.2) is 23.7 Å². The lowest BCUT2D eigenvalue weighted by Crippen LogP contribution is -2.39. The Balaban J connectivity index is 1.45. The Hall–Kier alpha value is -3.96. The molecule has 0 aliphatic rings. The summed E-state index contributed by atoms with van der Waals surface area (Å²) < 4.78 is 20.7. The zero-order chi connectivity index (χ0) is 27.9. The molecule has 6 nitrogen and oxygen atoms in total. The fourth-order valence-corrected chi connectivity index (χ4v) is 4.37. The average Bonchev–Trinajstić information content (AvgIpc) is 3.42. The van der Waals surface area contributed by atoms with Gasteiger partial charge in [-0.15, -0.1) is 0 Å². The summed E-state index contributed by atoms with van der Waals surface area (Å²) in [6.07, 6.45) is 0.323. The van der Waals surface area contributed by atoms with E-state index in [1.165, 1.54) is 17.7 Å². The Morgan fingerprint density at radius 3 is 2.49 bits per heavy atom. The molecule has 4 rings (SSSR count). The number of halogens is 2. The molecule has 0 fully saturated rings. The topological polar surface area (TPSA) is 98.3 Å². The zero-order valence-corrected chi connectivity index (χ0v) is 22.4. The minimum absolute atomic E-state index is 0.0611. The van der Waals surface area contributed by atoms with E-state index >= 15 is 0 Å². The van der Waals surface area contributed by atoms with Crippen LogP contribution < -0.4 is 10.6 Å². The third kappa shape index (κ3) is 7.12. The maximum absolute atomic E-state index is 14.8. The number of nitriles is 1. The highest BCUT2D eigenvalue weighted by molar-refractivity contribution is 6.34. The molecule has 3 N–H and O–H groups in total. The molecule has 1 aromatic heterocycles. The lowest BCUT2D eigenvalue weighted by Gasteiger charge is -2.17. The van der Waals surface area contributed by atoms with E-state index in [-0.39, 0.29) is 23.2 Å². The minimum atomic E-state index is -0.754. The van der Waals surface area contributed by atoms with E-state index in [9.17, 15) is 14.3 Å². The molecule has 4 aromatic rings. The number of benzene rings is 3. The number of nitrogens with zero attached hydrogens (tertiary/aromatic N) is 1. The number of carbonyl (C=O) groups is 1. The van der Waals surface area contributed by atoms with Crippen LogP contribution in [0, 0.1) is 24.1 Å². The smallest absolute Gasteiger partial charge is 0.253 e. The van der Waals surface area contributed by atoms with E-state index in [0.717, 1.165) is 11.1 Å². The second-order valence-electron chi connectivity index (χ2n) is 9.46. The number of carbonyl (C=O) groups excluding carboxylic acids is 1. The molecule has 0 unspecified atom stereocenters. The first-order valence-corrected chi connectivity index (χ1v) is 12.9. The molecule has 1 heterocycles. The van der Waals surface area contributed by atoms with Crippen LogP contribution in [0.2, 0.25) is 5.02 Å². The van der Waals surface area contributed by atoms with Gasteiger partial charge >= 0.3 is 0 Å². The molecule has 1 amide bonds. The van der Waals surface area contributed by atoms with Crippen molar-refractivity contribution >= 4 is 17.5 Å². The number of furan rings is 1. The van der Waals surface area contributed by atoms with E-state index in [1.54, 1.807) is 36.4 Å². The van der Waals surface area contributed by atoms with Gasteiger partial charge in [0.2, 0.25) is 0 Å². The Morgan fingerprint density at radius 2 is 1.82 bits per heavy atom. The maximum atomic E-state index is 14.8. The summed E-state index contributed by atoms with van der Waals surface area (Å²) in [6, 6.07) is 22.9. The van der Waals surface area contributed by atoms with Crippen molar-refractivity contribution in [2.45, 2.75) is 38.9 Å². The standard InChI is InChI=1S/C31H29ClFN3O3/c1-19-3-9-23(10-4-19)20(2)35-17-26-11-12-29(39-26)24-14-27(30(32)28(33)15-24)31(38)36-25(18-37)13-21-5-7-22(16-34)8-6-21/h3-12,14-15,20,25,35,37H,13,17-18H2,1-2H3,(H,36,38)/t20-,25-/m1/s1. The highest BCUT2D eigenvalue weighted by Gasteiger charge is 2.21. The summed E-state index contributed by atoms with van der Waals surface area (Å²) in [6.45, 7) is 4.24. The van der Waals surface area contributed by atoms with Gasteiger partial charge in [0.1, 0.15) is 17.3 Å². The third-order valence-corrected chi connectivity index (χ3v) is 6.88. The van der Waals surface area contributed by atoms with Crippen LogP contribution in [0.15, 0.2) is 77.2 Å². The molecule has 0 bridgehead atoms. The Kier molecular flexibility index (Phi) is 9.15. The van der Waals surface area contributed by atoms with Crippen molar-refractivity contribution in [2.75, 3.05) is 6.61 Å². The molecular formula is C31H29ClFN3O3. The van der Waals surface area contributed by atoms with Crippen molar-refractivity contribution in [3.05, 3.63) is 117 Å². The number of aryl methyl sites for hydroxylation is 1. The molecule has 0 radical (unpaired) electrons. The van der Waals surface area contributed by atoms with Gasteiger partial charge in [0.15, 0.2) is 0 Å². The van der Waals surface area contributed by atoms with E-state index < -0.39 is 17.8 Å². The van der Waals surface area contributed by atoms with Crippen molar-refractivity contribution in [1.82, 2.24) is 10.6 Å². The van der Waals surface area contributed by atoms with Crippen LogP contribution in [0.4, 0.5) is 4.39 Å². The number of nitrogens with one attached hydrogen (secondary N) is 2. The normalized spacial score (nSPS) is 12.5. The molecule has 0 aliphatic heterocycles. The van der Waals surface area contributed by atoms with Crippen molar-refractivity contribution in [2.24, 2.45) is 0 Å². The summed E-state index contributed by atoms with van der Waals surface area (Å²) in [5.74, 6) is -0.311. The highest BCUT2D eigenvalue weighted by atomic mass is 35.5. The minimum Gasteiger partial charge on any atom is -0.460 e. The predicted molar refractivity (Wildman–Crippen MR) is 149 cm³/mol. The van der Waals surface area contributed by atoms with E-state index in [4.69, 9.17) is 21.3 Å². The Labute approximate surface area is 232 Å². The van der Waals surface area contributed by atoms with Gasteiger partial charge in [0, 0.05) is 11.6 Å². The van der Waals surface area contributed by atoms with Gasteiger partial charge < -0.3 is 20.2 Å². The Morgan fingerprint density at radius 1 is 1.10 bits per heavy atom. The lowest BCUT2D eigenvalue weighted by molar-refractivity contribution is 0.0916. The molecule has 0 saturated heterocycles. The second-order valence-corrected chi connectivity index (χ2v) is 9.84. The summed E-state index contributed by atoms with van der Waals surface area (Å²) in [4.78, 5) is 13.0. The van der Waals surface area contributed by atoms with Gasteiger partial charge in [0.25, 0.3) is 5.91 Å². The van der Waals surface area contributed by atoms with Gasteiger partial charge in [-0.25, -0.2) is 4.39 Å². The predicted octanol–water partition coefficient (Wildman–Crippen LogP) is 6.10. The molecule has 200 valence electrons. The lowest BCUT2D eigenvalue weighted by atomic mass is 10.0. The van der Waals surface area contributed by atoms with E-state index in [2.05, 4.69) is 41.8 Å². The summed E-state index contributed by atoms with van der Waals surface area (Å²) in [5, 5.41) is 24.6. The number of hydrogen-bond donors (Lipinski definition) is 3. The van der Waals surface area contributed by atoms with Crippen LogP contribution >= 0.6 is 11.6 Å². The largest absolute Gasteiger partial charge is 0.460 e. The van der Waals surface area contributed by atoms with Crippen LogP contribution in [0.25, 0.3) is 11.3 Å². The first-order valence-electron chi connectivity index (χ1n) is 12.6. The van der Waals surface area contributed by atoms with Crippen LogP contribution in [-0.2, 0) is 13.0 Å². The number of rotatable bonds is 10. The van der Waals surface area contributed by atoms with Crippen LogP contribution in [0.1, 0.15) is 51.3 Å². The monoisotopic (exact) mass is 545 g/mol. The molecule has 8 heteroatoms. The number of aliphatic hydroxyl groups excluding tert-OH is 1. The van der Waals surface area contributed by atoms with Crippen LogP contribution in [0.3, 0.4) is 0 Å². The van der Waals surface area contributed by atoms with Crippen molar-refractivity contribution in [3.63, 3.8) is 0 Å². The summed E-state index contributed by atoms with van der Waals surface area (Å²) >= 11 is 6.16. The molecular weight excluding hydrogens is 517 g/mol. The number of aliphatic hydroxyl groups is 1. The molecule has 39 heavy (non-hydrogen) atoms. The quantitative estimate of drug-likeness (QED) is 0.223. The molecule has 2 atom stereocenters. The fourth-order valence-electron chi connectivity index (χ4n) is 4.18. The Bertz CT molecular complexity index is 1480. The van der Waals surface area contributed by atoms with Crippen molar-refractivity contribution in [3.8, 4) is 17.4 Å². The average molecular weight is 546 g/mol. The summed E-state index contributed by atoms with van der Waals surface area (Å²) in [5.41, 5.74) is 4.00. The van der Waals surface area contributed by atoms with Gasteiger partial charge in [-0.05, 0) is 67.8 Å². The number of hydrogen-bond acceptors (Lipinski definition) is 5. The molecule has 3 aromatic carbocycles. The zero-order valence-electron chi connectivity index (χ0n) is 21.7. The van der Waals surface area contributed by atoms with E-state index in [1.807, 2.05) is 13.0 Å². The van der Waals surface area contributed by atoms with Crippen molar-refractivity contribution < 1.29 is 18.7 Å². The van der Waals surface area contributed by atoms with Gasteiger partial charge in [0.05, 0.1) is 41.4 Å². The van der Waals surface area contributed by atoms with Gasteiger partial charge in [-0.3, -0.25) is 4.79 Å². The second kappa shape index (κ2) is 12.7. The number of amides is 1. The molecule has 0 saturated carbocycles. The molecule has 0 aliphatic carbocycles. The first kappa shape index (κ1) is 28.1. The van der Waals surface area contributed by atoms with Gasteiger partial charge in [-0.2, -0.15) is 5.26 Å². The summed E-state index contributed by atoms with van der Waals surface area (Å²) in [7, 11) is 0. The third-order valence-electron chi connectivity index (χ3n) is 6.50. The highest BCUT2D eigenvalue weighted by Crippen LogP contribution is 2.30. The fraction of sp³-hybridized carbons (Fsp3) is 0.226. The van der Waals surface area contributed by atoms with Gasteiger partial charge in [-0.1, -0.05) is 53.6 Å². The van der Waals surface area contributed by atoms with E-state index in [0.29, 0.717) is 35.6 Å². The van der Waals surface area contributed by atoms with Crippen molar-refractivity contribution in [1.29, 1.82) is 5.26 Å². The first-order chi connectivity index (χ1) is 18.8. The molecule has 0 spiro atoms.